The average Bonchev–Trinajstić information content (AvgIpc) is 3.13. The van der Waals surface area contributed by atoms with Crippen molar-refractivity contribution in [2.75, 3.05) is 27.4 Å². The van der Waals surface area contributed by atoms with Crippen LogP contribution in [0.5, 0.6) is 11.5 Å². The highest BCUT2D eigenvalue weighted by molar-refractivity contribution is 5.77. The molecule has 2 aromatic rings. The van der Waals surface area contributed by atoms with Gasteiger partial charge in [0.1, 0.15) is 6.61 Å². The van der Waals surface area contributed by atoms with Crippen LogP contribution in [-0.2, 0) is 10.3 Å². The summed E-state index contributed by atoms with van der Waals surface area (Å²) in [6.45, 7) is 5.31. The molecule has 0 fully saturated rings. The zero-order valence-corrected chi connectivity index (χ0v) is 15.0. The second-order valence-corrected chi connectivity index (χ2v) is 6.08. The summed E-state index contributed by atoms with van der Waals surface area (Å²) in [5.74, 6) is 1.34. The number of aromatic nitrogens is 1. The van der Waals surface area contributed by atoms with Gasteiger partial charge in [-0.25, -0.2) is 4.99 Å². The number of benzene rings is 1. The van der Waals surface area contributed by atoms with Crippen LogP contribution in [0.1, 0.15) is 23.6 Å². The van der Waals surface area contributed by atoms with Crippen molar-refractivity contribution in [3.05, 3.63) is 53.3 Å². The number of hydrogen-bond acceptors (Lipinski definition) is 6. The number of pyridine rings is 1. The number of aliphatic imine (C=N–C) groups is 1. The van der Waals surface area contributed by atoms with Crippen molar-refractivity contribution >= 4 is 6.02 Å². The lowest BCUT2D eigenvalue weighted by atomic mass is 9.84. The molecular formula is C19H23N3O3. The van der Waals surface area contributed by atoms with E-state index >= 15 is 0 Å². The van der Waals surface area contributed by atoms with Crippen molar-refractivity contribution in [3.63, 3.8) is 0 Å². The maximum absolute atomic E-state index is 5.66. The van der Waals surface area contributed by atoms with Crippen LogP contribution >= 0.6 is 0 Å². The molecule has 1 aromatic heterocycles. The van der Waals surface area contributed by atoms with Crippen LogP contribution in [0, 0.1) is 6.92 Å². The molecule has 0 bridgehead atoms. The molecule has 0 saturated carbocycles. The molecule has 1 atom stereocenters. The van der Waals surface area contributed by atoms with Gasteiger partial charge >= 0.3 is 0 Å². The molecule has 1 unspecified atom stereocenters. The molecular weight excluding hydrogens is 318 g/mol. The minimum atomic E-state index is -0.651. The summed E-state index contributed by atoms with van der Waals surface area (Å²) in [6, 6.07) is 8.44. The van der Waals surface area contributed by atoms with E-state index < -0.39 is 5.54 Å². The van der Waals surface area contributed by atoms with Gasteiger partial charge in [0.05, 0.1) is 26.3 Å². The number of aryl methyl sites for hydroxylation is 1. The van der Waals surface area contributed by atoms with Gasteiger partial charge in [0.15, 0.2) is 11.5 Å². The molecule has 6 nitrogen and oxygen atoms in total. The molecule has 1 N–H and O–H groups in total. The summed E-state index contributed by atoms with van der Waals surface area (Å²) in [5.41, 5.74) is 2.32. The number of para-hydroxylation sites is 1. The molecule has 2 heterocycles. The molecule has 0 saturated heterocycles. The Morgan fingerprint density at radius 2 is 2.04 bits per heavy atom. The molecule has 0 radical (unpaired) electrons. The Bertz CT molecular complexity index is 791. The predicted octanol–water partition coefficient (Wildman–Crippen LogP) is 2.65. The third-order valence-electron chi connectivity index (χ3n) is 4.34. The van der Waals surface area contributed by atoms with Gasteiger partial charge in [-0.15, -0.1) is 0 Å². The Balaban J connectivity index is 2.17. The topological polar surface area (TPSA) is 65.0 Å². The summed E-state index contributed by atoms with van der Waals surface area (Å²) < 4.78 is 16.7. The van der Waals surface area contributed by atoms with Crippen LogP contribution in [0.15, 0.2) is 41.7 Å². The number of ether oxygens (including phenoxy) is 3. The third-order valence-corrected chi connectivity index (χ3v) is 4.34. The molecule has 132 valence electrons. The van der Waals surface area contributed by atoms with Crippen molar-refractivity contribution in [3.8, 4) is 11.5 Å². The number of methoxy groups -OCH3 is 2. The average molecular weight is 341 g/mol. The lowest BCUT2D eigenvalue weighted by molar-refractivity contribution is 0.309. The normalized spacial score (nSPS) is 15.8. The summed E-state index contributed by atoms with van der Waals surface area (Å²) >= 11 is 0. The van der Waals surface area contributed by atoms with E-state index in [4.69, 9.17) is 14.2 Å². The van der Waals surface area contributed by atoms with Gasteiger partial charge in [0, 0.05) is 23.5 Å². The van der Waals surface area contributed by atoms with Gasteiger partial charge in [0.25, 0.3) is 6.02 Å². The predicted molar refractivity (Wildman–Crippen MR) is 96.4 cm³/mol. The van der Waals surface area contributed by atoms with E-state index in [-0.39, 0.29) is 0 Å². The van der Waals surface area contributed by atoms with Gasteiger partial charge in [-0.05, 0) is 25.5 Å². The summed E-state index contributed by atoms with van der Waals surface area (Å²) in [5, 5.41) is 3.43. The van der Waals surface area contributed by atoms with Crippen molar-refractivity contribution < 1.29 is 14.2 Å². The number of nitrogens with zero attached hydrogens (tertiary/aromatic N) is 2. The SMILES string of the molecule is COc1cccc(C(C)(NC2=NCCO2)c2cncc(C)c2)c1OC. The lowest BCUT2D eigenvalue weighted by Crippen LogP contribution is -2.45. The number of rotatable bonds is 5. The first-order valence-electron chi connectivity index (χ1n) is 8.17. The monoisotopic (exact) mass is 341 g/mol. The molecule has 1 aliphatic heterocycles. The molecule has 6 heteroatoms. The van der Waals surface area contributed by atoms with Crippen LogP contribution in [0.25, 0.3) is 0 Å². The van der Waals surface area contributed by atoms with Gasteiger partial charge in [-0.2, -0.15) is 0 Å². The van der Waals surface area contributed by atoms with Crippen molar-refractivity contribution in [1.82, 2.24) is 10.3 Å². The maximum atomic E-state index is 5.66. The maximum Gasteiger partial charge on any atom is 0.285 e. The third kappa shape index (κ3) is 3.24. The minimum absolute atomic E-state index is 0.522. The largest absolute Gasteiger partial charge is 0.493 e. The number of amidine groups is 1. The first-order valence-corrected chi connectivity index (χ1v) is 8.17. The lowest BCUT2D eigenvalue weighted by Gasteiger charge is -2.33. The first kappa shape index (κ1) is 17.1. The Labute approximate surface area is 147 Å². The molecule has 0 aliphatic carbocycles. The zero-order chi connectivity index (χ0) is 17.9. The molecule has 0 amide bonds. The molecule has 1 aliphatic rings. The van der Waals surface area contributed by atoms with E-state index in [1.54, 1.807) is 14.2 Å². The van der Waals surface area contributed by atoms with Gasteiger partial charge in [-0.3, -0.25) is 4.98 Å². The minimum Gasteiger partial charge on any atom is -0.493 e. The standard InChI is InChI=1S/C19H23N3O3/c1-13-10-14(12-20-11-13)19(2,22-18-21-8-9-25-18)15-6-5-7-16(23-3)17(15)24-4/h5-7,10-12H,8-9H2,1-4H3,(H,21,22). The summed E-state index contributed by atoms with van der Waals surface area (Å²) in [4.78, 5) is 8.74. The molecule has 0 spiro atoms. The van der Waals surface area contributed by atoms with Crippen LogP contribution in [0.2, 0.25) is 0 Å². The Kier molecular flexibility index (Phi) is 4.79. The van der Waals surface area contributed by atoms with Crippen molar-refractivity contribution in [2.45, 2.75) is 19.4 Å². The fraction of sp³-hybridized carbons (Fsp3) is 0.368. The Hall–Kier alpha value is -2.76. The Morgan fingerprint density at radius 1 is 1.20 bits per heavy atom. The number of nitrogens with one attached hydrogen (secondary N) is 1. The van der Waals surface area contributed by atoms with Crippen LogP contribution in [0.4, 0.5) is 0 Å². The van der Waals surface area contributed by atoms with Crippen molar-refractivity contribution in [2.24, 2.45) is 4.99 Å². The fourth-order valence-electron chi connectivity index (χ4n) is 3.03. The Morgan fingerprint density at radius 3 is 2.68 bits per heavy atom. The van der Waals surface area contributed by atoms with Crippen LogP contribution < -0.4 is 14.8 Å². The highest BCUT2D eigenvalue weighted by Gasteiger charge is 2.35. The van der Waals surface area contributed by atoms with Crippen LogP contribution in [0.3, 0.4) is 0 Å². The quantitative estimate of drug-likeness (QED) is 0.906. The molecule has 3 rings (SSSR count). The van der Waals surface area contributed by atoms with Crippen LogP contribution in [-0.4, -0.2) is 38.4 Å². The molecule has 1 aromatic carbocycles. The first-order chi connectivity index (χ1) is 12.1. The van der Waals surface area contributed by atoms with E-state index in [0.29, 0.717) is 30.7 Å². The summed E-state index contributed by atoms with van der Waals surface area (Å²) in [6.07, 6.45) is 3.67. The summed E-state index contributed by atoms with van der Waals surface area (Å²) in [7, 11) is 3.27. The van der Waals surface area contributed by atoms with Gasteiger partial charge < -0.3 is 19.5 Å². The highest BCUT2D eigenvalue weighted by Crippen LogP contribution is 2.40. The van der Waals surface area contributed by atoms with E-state index in [1.807, 2.05) is 37.5 Å². The van der Waals surface area contributed by atoms with E-state index in [1.165, 1.54) is 0 Å². The zero-order valence-electron chi connectivity index (χ0n) is 15.0. The number of hydrogen-bond donors (Lipinski definition) is 1. The van der Waals surface area contributed by atoms with E-state index in [0.717, 1.165) is 16.7 Å². The van der Waals surface area contributed by atoms with Crippen molar-refractivity contribution in [1.29, 1.82) is 0 Å². The second kappa shape index (κ2) is 7.01. The van der Waals surface area contributed by atoms with E-state index in [2.05, 4.69) is 28.3 Å². The smallest absolute Gasteiger partial charge is 0.285 e. The molecule has 25 heavy (non-hydrogen) atoms. The highest BCUT2D eigenvalue weighted by atomic mass is 16.5. The fourth-order valence-corrected chi connectivity index (χ4v) is 3.03. The second-order valence-electron chi connectivity index (χ2n) is 6.08. The van der Waals surface area contributed by atoms with E-state index in [9.17, 15) is 0 Å². The van der Waals surface area contributed by atoms with Gasteiger partial charge in [-0.1, -0.05) is 18.2 Å². The van der Waals surface area contributed by atoms with Gasteiger partial charge in [0.2, 0.25) is 0 Å².